The number of carbonyl (C=O) groups is 2. The summed E-state index contributed by atoms with van der Waals surface area (Å²) in [4.78, 5) is 34.6. The number of H-pyrrole nitrogens is 1. The van der Waals surface area contributed by atoms with Crippen molar-refractivity contribution in [2.75, 3.05) is 0 Å². The summed E-state index contributed by atoms with van der Waals surface area (Å²) in [6, 6.07) is -0.489. The Hall–Kier alpha value is -2.18. The minimum absolute atomic E-state index is 0.0102. The molecule has 1 aromatic heterocycles. The summed E-state index contributed by atoms with van der Waals surface area (Å²) < 4.78 is 0. The number of hydrogen-bond donors (Lipinski definition) is 3. The van der Waals surface area contributed by atoms with Gasteiger partial charge in [0.1, 0.15) is 5.56 Å². The Labute approximate surface area is 116 Å². The Morgan fingerprint density at radius 3 is 2.60 bits per heavy atom. The lowest BCUT2D eigenvalue weighted by atomic mass is 10.1. The smallest absolute Gasteiger partial charge is 0.305 e. The third-order valence-corrected chi connectivity index (χ3v) is 3.09. The molecule has 1 rings (SSSR count). The molecule has 110 valence electrons. The number of aryl methyl sites for hydroxylation is 1. The summed E-state index contributed by atoms with van der Waals surface area (Å²) in [5.74, 6) is -1.55. The number of carboxylic acid groups (broad SMARTS) is 1. The van der Waals surface area contributed by atoms with Crippen LogP contribution in [0.3, 0.4) is 0 Å². The molecule has 0 saturated heterocycles. The lowest BCUT2D eigenvalue weighted by Crippen LogP contribution is -2.39. The highest BCUT2D eigenvalue weighted by Gasteiger charge is 2.20. The molecular weight excluding hydrogens is 262 g/mol. The molecule has 0 spiro atoms. The van der Waals surface area contributed by atoms with Crippen molar-refractivity contribution >= 4 is 11.9 Å². The molecular formula is C13H19N3O4. The molecule has 1 unspecified atom stereocenters. The fraction of sp³-hybridized carbons (Fsp3) is 0.538. The second kappa shape index (κ2) is 6.83. The van der Waals surface area contributed by atoms with E-state index in [1.165, 1.54) is 0 Å². The molecule has 0 bridgehead atoms. The third kappa shape index (κ3) is 3.91. The van der Waals surface area contributed by atoms with Crippen LogP contribution in [-0.4, -0.2) is 33.2 Å². The molecule has 20 heavy (non-hydrogen) atoms. The average Bonchev–Trinajstić information content (AvgIpc) is 2.34. The largest absolute Gasteiger partial charge is 0.481 e. The maximum Gasteiger partial charge on any atom is 0.305 e. The molecule has 1 aromatic rings. The summed E-state index contributed by atoms with van der Waals surface area (Å²) in [6.07, 6.45) is 1.11. The number of aromatic nitrogens is 2. The number of amides is 1. The van der Waals surface area contributed by atoms with E-state index in [2.05, 4.69) is 15.5 Å². The van der Waals surface area contributed by atoms with E-state index in [1.54, 1.807) is 13.8 Å². The summed E-state index contributed by atoms with van der Waals surface area (Å²) in [6.45, 7) is 5.22. The third-order valence-electron chi connectivity index (χ3n) is 3.09. The second-order valence-corrected chi connectivity index (χ2v) is 4.70. The first-order valence-electron chi connectivity index (χ1n) is 6.45. The van der Waals surface area contributed by atoms with Crippen molar-refractivity contribution < 1.29 is 14.7 Å². The summed E-state index contributed by atoms with van der Waals surface area (Å²) in [5, 5.41) is 17.5. The summed E-state index contributed by atoms with van der Waals surface area (Å²) >= 11 is 0. The van der Waals surface area contributed by atoms with Gasteiger partial charge >= 0.3 is 5.97 Å². The van der Waals surface area contributed by atoms with Crippen LogP contribution in [0.1, 0.15) is 47.8 Å². The predicted molar refractivity (Wildman–Crippen MR) is 72.7 cm³/mol. The van der Waals surface area contributed by atoms with E-state index in [-0.39, 0.29) is 12.0 Å². The molecule has 0 aliphatic rings. The lowest BCUT2D eigenvalue weighted by molar-refractivity contribution is -0.137. The molecule has 7 heteroatoms. The highest BCUT2D eigenvalue weighted by molar-refractivity contribution is 5.95. The Kier molecular flexibility index (Phi) is 5.42. The van der Waals surface area contributed by atoms with Gasteiger partial charge in [0.05, 0.1) is 12.1 Å². The second-order valence-electron chi connectivity index (χ2n) is 4.70. The maximum absolute atomic E-state index is 12.2. The van der Waals surface area contributed by atoms with Gasteiger partial charge in [0.15, 0.2) is 0 Å². The van der Waals surface area contributed by atoms with Gasteiger partial charge in [-0.05, 0) is 25.8 Å². The van der Waals surface area contributed by atoms with Gasteiger partial charge in [-0.25, -0.2) is 5.10 Å². The Balaban J connectivity index is 2.97. The average molecular weight is 281 g/mol. The van der Waals surface area contributed by atoms with Gasteiger partial charge in [-0.3, -0.25) is 14.4 Å². The molecule has 0 fully saturated rings. The van der Waals surface area contributed by atoms with Crippen LogP contribution in [-0.2, 0) is 4.79 Å². The first kappa shape index (κ1) is 15.9. The predicted octanol–water partition coefficient (Wildman–Crippen LogP) is 0.760. The van der Waals surface area contributed by atoms with Crippen molar-refractivity contribution in [3.05, 3.63) is 27.2 Å². The molecule has 0 saturated carbocycles. The van der Waals surface area contributed by atoms with Crippen LogP contribution in [0.25, 0.3) is 0 Å². The number of nitrogens with one attached hydrogen (secondary N) is 2. The zero-order chi connectivity index (χ0) is 15.3. The first-order valence-corrected chi connectivity index (χ1v) is 6.45. The van der Waals surface area contributed by atoms with E-state index in [0.717, 1.165) is 6.42 Å². The van der Waals surface area contributed by atoms with Gasteiger partial charge in [0.25, 0.3) is 11.5 Å². The molecule has 0 aromatic carbocycles. The van der Waals surface area contributed by atoms with Gasteiger partial charge < -0.3 is 10.4 Å². The van der Waals surface area contributed by atoms with Crippen molar-refractivity contribution in [3.63, 3.8) is 0 Å². The highest BCUT2D eigenvalue weighted by atomic mass is 16.4. The van der Waals surface area contributed by atoms with E-state index < -0.39 is 23.5 Å². The quantitative estimate of drug-likeness (QED) is 0.712. The van der Waals surface area contributed by atoms with E-state index >= 15 is 0 Å². The van der Waals surface area contributed by atoms with Crippen LogP contribution in [0.15, 0.2) is 4.79 Å². The number of aliphatic carboxylic acids is 1. The zero-order valence-electron chi connectivity index (χ0n) is 11.8. The van der Waals surface area contributed by atoms with Crippen LogP contribution >= 0.6 is 0 Å². The molecule has 7 nitrogen and oxygen atoms in total. The minimum Gasteiger partial charge on any atom is -0.481 e. The van der Waals surface area contributed by atoms with Crippen LogP contribution in [0.2, 0.25) is 0 Å². The Bertz CT molecular complexity index is 565. The lowest BCUT2D eigenvalue weighted by Gasteiger charge is -2.16. The van der Waals surface area contributed by atoms with E-state index in [0.29, 0.717) is 17.7 Å². The number of hydrogen-bond acceptors (Lipinski definition) is 4. The fourth-order valence-corrected chi connectivity index (χ4v) is 1.94. The Morgan fingerprint density at radius 2 is 2.05 bits per heavy atom. The summed E-state index contributed by atoms with van der Waals surface area (Å²) in [7, 11) is 0. The number of rotatable bonds is 6. The SMILES string of the molecule is CCCC(CC(=O)O)NC(=O)c1c(C)c(C)n[nH]c1=O. The number of carboxylic acids is 1. The van der Waals surface area contributed by atoms with Gasteiger partial charge in [-0.15, -0.1) is 0 Å². The van der Waals surface area contributed by atoms with Crippen molar-refractivity contribution in [3.8, 4) is 0 Å². The van der Waals surface area contributed by atoms with E-state index in [9.17, 15) is 14.4 Å². The monoisotopic (exact) mass is 281 g/mol. The highest BCUT2D eigenvalue weighted by Crippen LogP contribution is 2.07. The summed E-state index contributed by atoms with van der Waals surface area (Å²) in [5.41, 5.74) is 0.469. The van der Waals surface area contributed by atoms with E-state index in [4.69, 9.17) is 5.11 Å². The van der Waals surface area contributed by atoms with Crippen LogP contribution in [0, 0.1) is 13.8 Å². The normalized spacial score (nSPS) is 11.9. The van der Waals surface area contributed by atoms with Gasteiger partial charge in [0, 0.05) is 6.04 Å². The first-order chi connectivity index (χ1) is 9.36. The maximum atomic E-state index is 12.2. The molecule has 3 N–H and O–H groups in total. The van der Waals surface area contributed by atoms with Crippen molar-refractivity contribution in [2.45, 2.75) is 46.1 Å². The molecule has 0 aliphatic carbocycles. The topological polar surface area (TPSA) is 112 Å². The molecule has 1 atom stereocenters. The van der Waals surface area contributed by atoms with Gasteiger partial charge in [-0.1, -0.05) is 13.3 Å². The number of carbonyl (C=O) groups excluding carboxylic acids is 1. The van der Waals surface area contributed by atoms with E-state index in [1.807, 2.05) is 6.92 Å². The molecule has 0 radical (unpaired) electrons. The van der Waals surface area contributed by atoms with Crippen LogP contribution in [0.5, 0.6) is 0 Å². The molecule has 0 aliphatic heterocycles. The van der Waals surface area contributed by atoms with Crippen LogP contribution < -0.4 is 10.9 Å². The standard InChI is InChI=1S/C13H19N3O4/c1-4-5-9(6-10(17)18)14-12(19)11-7(2)8(3)15-16-13(11)20/h9H,4-6H2,1-3H3,(H,14,19)(H,16,20)(H,17,18). The Morgan fingerprint density at radius 1 is 1.40 bits per heavy atom. The number of aromatic amines is 1. The fourth-order valence-electron chi connectivity index (χ4n) is 1.94. The zero-order valence-corrected chi connectivity index (χ0v) is 11.8. The number of nitrogens with zero attached hydrogens (tertiary/aromatic N) is 1. The van der Waals surface area contributed by atoms with Crippen molar-refractivity contribution in [1.82, 2.24) is 15.5 Å². The van der Waals surface area contributed by atoms with Crippen LogP contribution in [0.4, 0.5) is 0 Å². The van der Waals surface area contributed by atoms with Crippen molar-refractivity contribution in [1.29, 1.82) is 0 Å². The van der Waals surface area contributed by atoms with Crippen molar-refractivity contribution in [2.24, 2.45) is 0 Å². The molecule has 1 heterocycles. The van der Waals surface area contributed by atoms with Gasteiger partial charge in [-0.2, -0.15) is 5.10 Å². The molecule has 1 amide bonds. The van der Waals surface area contributed by atoms with Gasteiger partial charge in [0.2, 0.25) is 0 Å². The minimum atomic E-state index is -0.986.